The lowest BCUT2D eigenvalue weighted by Crippen LogP contribution is -2.32. The van der Waals surface area contributed by atoms with E-state index in [1.807, 2.05) is 31.2 Å². The number of carbonyl (C=O) groups is 1. The molecule has 10 heteroatoms. The molecule has 34 heavy (non-hydrogen) atoms. The molecular weight excluding hydrogens is 438 g/mol. The molecule has 1 N–H and O–H groups in total. The fourth-order valence-electron chi connectivity index (χ4n) is 3.26. The Morgan fingerprint density at radius 2 is 1.85 bits per heavy atom. The fourth-order valence-corrected chi connectivity index (χ4v) is 3.26. The van der Waals surface area contributed by atoms with Crippen LogP contribution in [0.3, 0.4) is 0 Å². The zero-order valence-corrected chi connectivity index (χ0v) is 19.1. The lowest BCUT2D eigenvalue weighted by molar-refractivity contribution is -0.123. The summed E-state index contributed by atoms with van der Waals surface area (Å²) >= 11 is 0. The topological polar surface area (TPSA) is 109 Å². The molecule has 10 nitrogen and oxygen atoms in total. The molecule has 176 valence electrons. The van der Waals surface area contributed by atoms with Crippen LogP contribution in [0, 0.1) is 6.92 Å². The van der Waals surface area contributed by atoms with Crippen molar-refractivity contribution in [1.29, 1.82) is 0 Å². The SMILES string of the molecule is COc1ccc(OC)c(-c2nnc3ccc(OCCNC(=O)COc4cccc(C)c4)nn23)c1. The standard InChI is InChI=1S/C24H25N5O5/c1-16-5-4-6-18(13-16)34-15-22(30)25-11-12-33-23-10-9-21-26-27-24(29(21)28-23)19-14-17(31-2)7-8-20(19)32-3/h4-10,13-14H,11-12,15H2,1-3H3,(H,25,30). The number of carbonyl (C=O) groups excluding carboxylic acids is 1. The minimum atomic E-state index is -0.236. The van der Waals surface area contributed by atoms with Crippen LogP contribution in [-0.4, -0.2) is 59.7 Å². The van der Waals surface area contributed by atoms with Crippen LogP contribution >= 0.6 is 0 Å². The molecule has 0 bridgehead atoms. The first-order valence-electron chi connectivity index (χ1n) is 10.6. The maximum Gasteiger partial charge on any atom is 0.258 e. The number of benzene rings is 2. The molecule has 0 unspecified atom stereocenters. The van der Waals surface area contributed by atoms with E-state index in [2.05, 4.69) is 20.6 Å². The van der Waals surface area contributed by atoms with Gasteiger partial charge in [0.1, 0.15) is 23.9 Å². The van der Waals surface area contributed by atoms with Crippen LogP contribution in [0.15, 0.2) is 54.6 Å². The van der Waals surface area contributed by atoms with Crippen molar-refractivity contribution in [1.82, 2.24) is 25.1 Å². The van der Waals surface area contributed by atoms with Gasteiger partial charge in [-0.15, -0.1) is 15.3 Å². The molecule has 4 aromatic rings. The first-order chi connectivity index (χ1) is 16.6. The summed E-state index contributed by atoms with van der Waals surface area (Å²) in [5.74, 6) is 2.53. The van der Waals surface area contributed by atoms with Gasteiger partial charge >= 0.3 is 0 Å². The van der Waals surface area contributed by atoms with Crippen molar-refractivity contribution in [3.05, 3.63) is 60.2 Å². The lowest BCUT2D eigenvalue weighted by atomic mass is 10.2. The molecule has 0 aliphatic heterocycles. The molecule has 0 aliphatic carbocycles. The van der Waals surface area contributed by atoms with Crippen LogP contribution in [0.1, 0.15) is 5.56 Å². The van der Waals surface area contributed by atoms with E-state index in [4.69, 9.17) is 18.9 Å². The highest BCUT2D eigenvalue weighted by atomic mass is 16.5. The molecule has 1 amide bonds. The Labute approximate surface area is 196 Å². The second kappa shape index (κ2) is 10.5. The molecule has 0 saturated carbocycles. The Kier molecular flexibility index (Phi) is 7.07. The molecule has 4 rings (SSSR count). The van der Waals surface area contributed by atoms with Gasteiger partial charge in [-0.1, -0.05) is 12.1 Å². The van der Waals surface area contributed by atoms with E-state index in [1.165, 1.54) is 0 Å². The fraction of sp³-hybridized carbons (Fsp3) is 0.250. The summed E-state index contributed by atoms with van der Waals surface area (Å²) < 4.78 is 23.5. The van der Waals surface area contributed by atoms with Gasteiger partial charge < -0.3 is 24.3 Å². The van der Waals surface area contributed by atoms with Crippen molar-refractivity contribution in [2.24, 2.45) is 0 Å². The number of nitrogens with one attached hydrogen (secondary N) is 1. The monoisotopic (exact) mass is 463 g/mol. The maximum absolute atomic E-state index is 12.0. The van der Waals surface area contributed by atoms with Crippen LogP contribution in [-0.2, 0) is 4.79 Å². The van der Waals surface area contributed by atoms with Crippen molar-refractivity contribution < 1.29 is 23.7 Å². The van der Waals surface area contributed by atoms with E-state index in [0.717, 1.165) is 5.56 Å². The van der Waals surface area contributed by atoms with Crippen LogP contribution in [0.2, 0.25) is 0 Å². The van der Waals surface area contributed by atoms with Gasteiger partial charge in [0.05, 0.1) is 26.3 Å². The Balaban J connectivity index is 1.36. The van der Waals surface area contributed by atoms with Gasteiger partial charge in [0.15, 0.2) is 18.1 Å². The third-order valence-electron chi connectivity index (χ3n) is 4.92. The summed E-state index contributed by atoms with van der Waals surface area (Å²) in [5.41, 5.74) is 2.30. The Morgan fingerprint density at radius 1 is 0.971 bits per heavy atom. The Morgan fingerprint density at radius 3 is 2.65 bits per heavy atom. The molecule has 0 saturated heterocycles. The molecule has 2 heterocycles. The van der Waals surface area contributed by atoms with Crippen molar-refractivity contribution in [3.63, 3.8) is 0 Å². The van der Waals surface area contributed by atoms with Crippen molar-refractivity contribution in [2.45, 2.75) is 6.92 Å². The van der Waals surface area contributed by atoms with E-state index in [1.54, 1.807) is 49.1 Å². The van der Waals surface area contributed by atoms with E-state index in [0.29, 0.717) is 46.7 Å². The normalized spacial score (nSPS) is 10.7. The highest BCUT2D eigenvalue weighted by molar-refractivity contribution is 5.77. The van der Waals surface area contributed by atoms with Gasteiger partial charge in [-0.05, 0) is 48.9 Å². The summed E-state index contributed by atoms with van der Waals surface area (Å²) in [7, 11) is 3.17. The highest BCUT2D eigenvalue weighted by Crippen LogP contribution is 2.32. The number of hydrogen-bond acceptors (Lipinski definition) is 8. The van der Waals surface area contributed by atoms with Gasteiger partial charge in [0.2, 0.25) is 5.88 Å². The van der Waals surface area contributed by atoms with Gasteiger partial charge in [0, 0.05) is 6.07 Å². The summed E-state index contributed by atoms with van der Waals surface area (Å²) in [4.78, 5) is 12.0. The predicted octanol–water partition coefficient (Wildman–Crippen LogP) is 2.69. The van der Waals surface area contributed by atoms with Gasteiger partial charge in [-0.2, -0.15) is 4.52 Å². The minimum absolute atomic E-state index is 0.0693. The molecule has 2 aromatic heterocycles. The van der Waals surface area contributed by atoms with Gasteiger partial charge in [0.25, 0.3) is 5.91 Å². The second-order valence-corrected chi connectivity index (χ2v) is 7.33. The van der Waals surface area contributed by atoms with Crippen molar-refractivity contribution in [2.75, 3.05) is 34.0 Å². The zero-order chi connectivity index (χ0) is 23.9. The number of hydrogen-bond donors (Lipinski definition) is 1. The number of aryl methyl sites for hydroxylation is 1. The third kappa shape index (κ3) is 5.34. The summed E-state index contributed by atoms with van der Waals surface area (Å²) in [6, 6.07) is 16.4. The molecule has 0 radical (unpaired) electrons. The molecule has 0 atom stereocenters. The number of methoxy groups -OCH3 is 2. The zero-order valence-electron chi connectivity index (χ0n) is 19.1. The van der Waals surface area contributed by atoms with Gasteiger partial charge in [-0.3, -0.25) is 4.79 Å². The van der Waals surface area contributed by atoms with Crippen molar-refractivity contribution >= 4 is 11.6 Å². The first kappa shape index (κ1) is 22.8. The number of amides is 1. The van der Waals surface area contributed by atoms with Crippen molar-refractivity contribution in [3.8, 4) is 34.5 Å². The molecule has 0 spiro atoms. The number of ether oxygens (including phenoxy) is 4. The Bertz CT molecular complexity index is 1290. The molecular formula is C24H25N5O5. The summed E-state index contributed by atoms with van der Waals surface area (Å²) in [6.07, 6.45) is 0. The predicted molar refractivity (Wildman–Crippen MR) is 125 cm³/mol. The average molecular weight is 463 g/mol. The van der Waals surface area contributed by atoms with Crippen LogP contribution < -0.4 is 24.3 Å². The smallest absolute Gasteiger partial charge is 0.258 e. The van der Waals surface area contributed by atoms with Crippen LogP contribution in [0.5, 0.6) is 23.1 Å². The summed E-state index contributed by atoms with van der Waals surface area (Å²) in [6.45, 7) is 2.43. The minimum Gasteiger partial charge on any atom is -0.497 e. The van der Waals surface area contributed by atoms with E-state index < -0.39 is 0 Å². The maximum atomic E-state index is 12.0. The molecule has 0 fully saturated rings. The number of nitrogens with zero attached hydrogens (tertiary/aromatic N) is 4. The van der Waals surface area contributed by atoms with Gasteiger partial charge in [-0.25, -0.2) is 0 Å². The Hall–Kier alpha value is -4.34. The average Bonchev–Trinajstić information content (AvgIpc) is 3.28. The molecule has 2 aromatic carbocycles. The third-order valence-corrected chi connectivity index (χ3v) is 4.92. The lowest BCUT2D eigenvalue weighted by Gasteiger charge is -2.10. The highest BCUT2D eigenvalue weighted by Gasteiger charge is 2.16. The summed E-state index contributed by atoms with van der Waals surface area (Å²) in [5, 5.41) is 15.7. The second-order valence-electron chi connectivity index (χ2n) is 7.33. The first-order valence-corrected chi connectivity index (χ1v) is 10.6. The number of rotatable bonds is 10. The number of fused-ring (bicyclic) bond motifs is 1. The largest absolute Gasteiger partial charge is 0.497 e. The van der Waals surface area contributed by atoms with E-state index >= 15 is 0 Å². The quantitative estimate of drug-likeness (QED) is 0.358. The number of aromatic nitrogens is 4. The van der Waals surface area contributed by atoms with E-state index in [-0.39, 0.29) is 19.1 Å². The van der Waals surface area contributed by atoms with E-state index in [9.17, 15) is 4.79 Å². The molecule has 0 aliphatic rings. The van der Waals surface area contributed by atoms with Crippen LogP contribution in [0.4, 0.5) is 0 Å². The van der Waals surface area contributed by atoms with Crippen LogP contribution in [0.25, 0.3) is 17.0 Å².